The first-order valence-electron chi connectivity index (χ1n) is 4.23. The van der Waals surface area contributed by atoms with Crippen LogP contribution in [-0.2, 0) is 19.5 Å². The van der Waals surface area contributed by atoms with Crippen molar-refractivity contribution in [1.82, 2.24) is 15.8 Å². The lowest BCUT2D eigenvalue weighted by molar-refractivity contribution is 0.371. The van der Waals surface area contributed by atoms with E-state index >= 15 is 0 Å². The standard InChI is InChI=1S/C8H13N3O/c1-9-5-8-6-4-10-3-2-7(6)11-12-8/h9-10H,2-5H2,1H3. The summed E-state index contributed by atoms with van der Waals surface area (Å²) in [5, 5.41) is 10.4. The predicted molar refractivity (Wildman–Crippen MR) is 44.7 cm³/mol. The molecule has 12 heavy (non-hydrogen) atoms. The molecule has 0 spiro atoms. The number of hydrogen-bond donors (Lipinski definition) is 2. The summed E-state index contributed by atoms with van der Waals surface area (Å²) in [6.07, 6.45) is 0.989. The maximum atomic E-state index is 5.21. The van der Waals surface area contributed by atoms with E-state index in [1.54, 1.807) is 0 Å². The Morgan fingerprint density at radius 1 is 1.67 bits per heavy atom. The molecule has 4 heteroatoms. The lowest BCUT2D eigenvalue weighted by atomic mass is 10.1. The highest BCUT2D eigenvalue weighted by atomic mass is 16.5. The molecule has 2 rings (SSSR count). The van der Waals surface area contributed by atoms with Gasteiger partial charge in [-0.1, -0.05) is 5.16 Å². The number of aromatic nitrogens is 1. The van der Waals surface area contributed by atoms with Crippen molar-refractivity contribution < 1.29 is 4.52 Å². The minimum atomic E-state index is 0.768. The van der Waals surface area contributed by atoms with Gasteiger partial charge in [-0.2, -0.15) is 0 Å². The van der Waals surface area contributed by atoms with Gasteiger partial charge >= 0.3 is 0 Å². The molecule has 0 aromatic carbocycles. The molecular weight excluding hydrogens is 154 g/mol. The summed E-state index contributed by atoms with van der Waals surface area (Å²) in [5.74, 6) is 0.972. The number of fused-ring (bicyclic) bond motifs is 1. The molecule has 0 bridgehead atoms. The van der Waals surface area contributed by atoms with Crippen molar-refractivity contribution in [2.45, 2.75) is 19.5 Å². The molecule has 0 fully saturated rings. The number of nitrogens with one attached hydrogen (secondary N) is 2. The summed E-state index contributed by atoms with van der Waals surface area (Å²) in [6.45, 7) is 2.68. The quantitative estimate of drug-likeness (QED) is 0.653. The molecule has 0 radical (unpaired) electrons. The third kappa shape index (κ3) is 1.23. The first-order chi connectivity index (χ1) is 5.92. The molecule has 0 amide bonds. The minimum Gasteiger partial charge on any atom is -0.359 e. The molecule has 2 N–H and O–H groups in total. The molecule has 1 aromatic rings. The Balaban J connectivity index is 2.25. The molecule has 0 saturated carbocycles. The normalized spacial score (nSPS) is 16.1. The largest absolute Gasteiger partial charge is 0.359 e. The van der Waals surface area contributed by atoms with Crippen LogP contribution in [0.25, 0.3) is 0 Å². The Hall–Kier alpha value is -0.870. The van der Waals surface area contributed by atoms with Crippen molar-refractivity contribution in [3.05, 3.63) is 17.0 Å². The van der Waals surface area contributed by atoms with Gasteiger partial charge in [0.05, 0.1) is 12.2 Å². The molecule has 0 unspecified atom stereocenters. The van der Waals surface area contributed by atoms with Crippen LogP contribution in [0.3, 0.4) is 0 Å². The van der Waals surface area contributed by atoms with Gasteiger partial charge in [0, 0.05) is 25.1 Å². The van der Waals surface area contributed by atoms with E-state index in [2.05, 4.69) is 15.8 Å². The van der Waals surface area contributed by atoms with Crippen LogP contribution >= 0.6 is 0 Å². The zero-order valence-corrected chi connectivity index (χ0v) is 7.18. The average Bonchev–Trinajstić information content (AvgIpc) is 2.50. The second kappa shape index (κ2) is 3.25. The Bertz CT molecular complexity index is 269. The number of rotatable bonds is 2. The summed E-state index contributed by atoms with van der Waals surface area (Å²) in [6, 6.07) is 0. The lowest BCUT2D eigenvalue weighted by Gasteiger charge is -2.10. The van der Waals surface area contributed by atoms with Gasteiger partial charge in [-0.3, -0.25) is 0 Å². The minimum absolute atomic E-state index is 0.768. The molecule has 0 atom stereocenters. The van der Waals surface area contributed by atoms with Gasteiger partial charge in [0.15, 0.2) is 5.76 Å². The van der Waals surface area contributed by atoms with Crippen molar-refractivity contribution in [2.75, 3.05) is 13.6 Å². The maximum absolute atomic E-state index is 5.21. The SMILES string of the molecule is CNCc1onc2c1CNCC2. The maximum Gasteiger partial charge on any atom is 0.155 e. The van der Waals surface area contributed by atoms with Crippen molar-refractivity contribution in [3.8, 4) is 0 Å². The highest BCUT2D eigenvalue weighted by Gasteiger charge is 2.17. The van der Waals surface area contributed by atoms with Crippen molar-refractivity contribution in [1.29, 1.82) is 0 Å². The molecule has 1 aromatic heterocycles. The third-order valence-corrected chi connectivity index (χ3v) is 2.13. The van der Waals surface area contributed by atoms with Crippen LogP contribution in [0.15, 0.2) is 4.52 Å². The van der Waals surface area contributed by atoms with Crippen molar-refractivity contribution in [3.63, 3.8) is 0 Å². The van der Waals surface area contributed by atoms with E-state index in [1.165, 1.54) is 5.56 Å². The summed E-state index contributed by atoms with van der Waals surface area (Å²) >= 11 is 0. The van der Waals surface area contributed by atoms with Crippen LogP contribution in [0.4, 0.5) is 0 Å². The lowest BCUT2D eigenvalue weighted by Crippen LogP contribution is -2.24. The van der Waals surface area contributed by atoms with E-state index < -0.39 is 0 Å². The van der Waals surface area contributed by atoms with Crippen molar-refractivity contribution in [2.24, 2.45) is 0 Å². The van der Waals surface area contributed by atoms with Gasteiger partial charge in [-0.15, -0.1) is 0 Å². The Morgan fingerprint density at radius 3 is 3.42 bits per heavy atom. The summed E-state index contributed by atoms with van der Waals surface area (Å²) in [7, 11) is 1.91. The highest BCUT2D eigenvalue weighted by Crippen LogP contribution is 2.16. The molecule has 2 heterocycles. The molecule has 4 nitrogen and oxygen atoms in total. The first kappa shape index (κ1) is 7.76. The van der Waals surface area contributed by atoms with Crippen LogP contribution in [0, 0.1) is 0 Å². The third-order valence-electron chi connectivity index (χ3n) is 2.13. The Morgan fingerprint density at radius 2 is 2.58 bits per heavy atom. The Kier molecular flexibility index (Phi) is 2.10. The van der Waals surface area contributed by atoms with Gasteiger partial charge in [-0.05, 0) is 7.05 Å². The summed E-state index contributed by atoms with van der Waals surface area (Å²) < 4.78 is 5.21. The molecule has 1 aliphatic heterocycles. The Labute approximate surface area is 71.3 Å². The van der Waals surface area contributed by atoms with Gasteiger partial charge in [-0.25, -0.2) is 0 Å². The second-order valence-electron chi connectivity index (χ2n) is 2.99. The van der Waals surface area contributed by atoms with E-state index in [-0.39, 0.29) is 0 Å². The molecule has 66 valence electrons. The smallest absolute Gasteiger partial charge is 0.155 e. The van der Waals surface area contributed by atoms with Crippen LogP contribution in [0.5, 0.6) is 0 Å². The van der Waals surface area contributed by atoms with Crippen LogP contribution < -0.4 is 10.6 Å². The zero-order valence-electron chi connectivity index (χ0n) is 7.18. The molecule has 0 aliphatic carbocycles. The van der Waals surface area contributed by atoms with E-state index in [1.807, 2.05) is 7.05 Å². The van der Waals surface area contributed by atoms with E-state index in [4.69, 9.17) is 4.52 Å². The van der Waals surface area contributed by atoms with Gasteiger partial charge in [0.1, 0.15) is 0 Å². The predicted octanol–water partition coefficient (Wildman–Crippen LogP) is 0.0397. The van der Waals surface area contributed by atoms with Gasteiger partial charge < -0.3 is 15.2 Å². The number of nitrogens with zero attached hydrogens (tertiary/aromatic N) is 1. The first-order valence-corrected chi connectivity index (χ1v) is 4.23. The van der Waals surface area contributed by atoms with Crippen molar-refractivity contribution >= 4 is 0 Å². The topological polar surface area (TPSA) is 50.1 Å². The van der Waals surface area contributed by atoms with E-state index in [0.717, 1.165) is 37.5 Å². The molecule has 1 aliphatic rings. The number of hydrogen-bond acceptors (Lipinski definition) is 4. The fourth-order valence-corrected chi connectivity index (χ4v) is 1.50. The van der Waals surface area contributed by atoms with Crippen LogP contribution in [0.2, 0.25) is 0 Å². The fraction of sp³-hybridized carbons (Fsp3) is 0.625. The van der Waals surface area contributed by atoms with Gasteiger partial charge in [0.2, 0.25) is 0 Å². The monoisotopic (exact) mass is 167 g/mol. The molecular formula is C8H13N3O. The second-order valence-corrected chi connectivity index (χ2v) is 2.99. The zero-order chi connectivity index (χ0) is 8.39. The molecule has 0 saturated heterocycles. The van der Waals surface area contributed by atoms with Crippen LogP contribution in [-0.4, -0.2) is 18.7 Å². The summed E-state index contributed by atoms with van der Waals surface area (Å²) in [4.78, 5) is 0. The van der Waals surface area contributed by atoms with E-state index in [9.17, 15) is 0 Å². The fourth-order valence-electron chi connectivity index (χ4n) is 1.50. The highest BCUT2D eigenvalue weighted by molar-refractivity contribution is 5.25. The average molecular weight is 167 g/mol. The van der Waals surface area contributed by atoms with Crippen LogP contribution in [0.1, 0.15) is 17.0 Å². The van der Waals surface area contributed by atoms with E-state index in [0.29, 0.717) is 0 Å². The summed E-state index contributed by atoms with van der Waals surface area (Å²) in [5.41, 5.74) is 2.37. The van der Waals surface area contributed by atoms with Gasteiger partial charge in [0.25, 0.3) is 0 Å².